The Labute approximate surface area is 234 Å². The number of nitrogens with zero attached hydrogens (tertiary/aromatic N) is 1. The molecule has 1 saturated heterocycles. The number of hydrogen-bond donors (Lipinski definition) is 1. The van der Waals surface area contributed by atoms with E-state index < -0.39 is 17.7 Å². The summed E-state index contributed by atoms with van der Waals surface area (Å²) in [6.07, 6.45) is 0. The molecule has 8 nitrogen and oxygen atoms in total. The van der Waals surface area contributed by atoms with E-state index in [9.17, 15) is 14.7 Å². The van der Waals surface area contributed by atoms with Gasteiger partial charge in [-0.3, -0.25) is 9.59 Å². The van der Waals surface area contributed by atoms with Crippen molar-refractivity contribution in [2.45, 2.75) is 32.7 Å². The smallest absolute Gasteiger partial charge is 0.295 e. The van der Waals surface area contributed by atoms with Crippen molar-refractivity contribution in [1.29, 1.82) is 0 Å². The number of Topliss-reactive ketones (excluding diaryl/α,β-unsaturated/α-hetero) is 1. The van der Waals surface area contributed by atoms with E-state index in [4.69, 9.17) is 18.9 Å². The van der Waals surface area contributed by atoms with Gasteiger partial charge in [-0.05, 0) is 78.6 Å². The molecule has 1 aliphatic heterocycles. The van der Waals surface area contributed by atoms with E-state index in [0.717, 1.165) is 11.3 Å². The lowest BCUT2D eigenvalue weighted by Crippen LogP contribution is -2.33. The first-order valence-corrected chi connectivity index (χ1v) is 13.2. The highest BCUT2D eigenvalue weighted by molar-refractivity contribution is 6.46. The monoisotopic (exact) mass is 545 g/mol. The van der Waals surface area contributed by atoms with Gasteiger partial charge in [0.05, 0.1) is 39.0 Å². The number of amides is 1. The zero-order valence-corrected chi connectivity index (χ0v) is 23.5. The third-order valence-electron chi connectivity index (χ3n) is 6.84. The molecule has 40 heavy (non-hydrogen) atoms. The summed E-state index contributed by atoms with van der Waals surface area (Å²) in [5.41, 5.74) is 2.03. The molecule has 1 N–H and O–H groups in total. The molecular formula is C32H35NO7. The second kappa shape index (κ2) is 12.6. The number of carbonyl (C=O) groups excluding carboxylic acids is 2. The summed E-state index contributed by atoms with van der Waals surface area (Å²) in [6.45, 7) is 6.75. The number of ketones is 1. The van der Waals surface area contributed by atoms with Crippen molar-refractivity contribution in [3.63, 3.8) is 0 Å². The highest BCUT2D eigenvalue weighted by Gasteiger charge is 2.46. The second-order valence-corrected chi connectivity index (χ2v) is 9.63. The number of rotatable bonds is 11. The molecule has 0 radical (unpaired) electrons. The van der Waals surface area contributed by atoms with Crippen molar-refractivity contribution >= 4 is 17.4 Å². The molecule has 3 aromatic rings. The van der Waals surface area contributed by atoms with Crippen molar-refractivity contribution in [3.05, 3.63) is 89.0 Å². The van der Waals surface area contributed by atoms with Crippen LogP contribution in [0.3, 0.4) is 0 Å². The minimum Gasteiger partial charge on any atom is -0.507 e. The van der Waals surface area contributed by atoms with Crippen molar-refractivity contribution in [2.24, 2.45) is 0 Å². The average molecular weight is 546 g/mol. The molecule has 1 fully saturated rings. The predicted molar refractivity (Wildman–Crippen MR) is 152 cm³/mol. The number of likely N-dealkylation sites (tertiary alicyclic amines) is 1. The SMILES string of the molecule is CCOc1ccc(/C(O)=C2/C(=O)C(=O)N(CCOc3ccc(OC)cc3)C2c2ccc(OC)cc2)cc1C(C)C. The van der Waals surface area contributed by atoms with Crippen molar-refractivity contribution < 1.29 is 33.6 Å². The van der Waals surface area contributed by atoms with E-state index in [1.165, 1.54) is 4.90 Å². The topological polar surface area (TPSA) is 94.5 Å². The standard InChI is InChI=1S/C32H35NO7/c1-6-39-27-16-9-22(19-26(27)20(2)3)30(34)28-29(21-7-10-23(37-4)11-8-21)33(32(36)31(28)35)17-18-40-25-14-12-24(38-5)13-15-25/h7-16,19-20,29,34H,6,17-18H2,1-5H3/b30-28-. The van der Waals surface area contributed by atoms with Crippen LogP contribution in [0.4, 0.5) is 0 Å². The first kappa shape index (κ1) is 28.5. The molecule has 0 aromatic heterocycles. The Morgan fingerprint density at radius 1 is 0.875 bits per heavy atom. The van der Waals surface area contributed by atoms with Crippen LogP contribution in [-0.4, -0.2) is 55.7 Å². The molecule has 0 saturated carbocycles. The van der Waals surface area contributed by atoms with Crippen molar-refractivity contribution in [2.75, 3.05) is 34.0 Å². The minimum atomic E-state index is -0.806. The second-order valence-electron chi connectivity index (χ2n) is 9.63. The lowest BCUT2D eigenvalue weighted by molar-refractivity contribution is -0.140. The fraction of sp³-hybridized carbons (Fsp3) is 0.312. The third-order valence-corrected chi connectivity index (χ3v) is 6.84. The Morgan fingerprint density at radius 3 is 2.05 bits per heavy atom. The van der Waals surface area contributed by atoms with E-state index >= 15 is 0 Å². The summed E-state index contributed by atoms with van der Waals surface area (Å²) in [7, 11) is 3.15. The van der Waals surface area contributed by atoms with Gasteiger partial charge in [0.1, 0.15) is 35.4 Å². The van der Waals surface area contributed by atoms with Crippen LogP contribution in [0.5, 0.6) is 23.0 Å². The van der Waals surface area contributed by atoms with Gasteiger partial charge in [0.2, 0.25) is 0 Å². The van der Waals surface area contributed by atoms with Gasteiger partial charge in [0.25, 0.3) is 11.7 Å². The van der Waals surface area contributed by atoms with E-state index in [2.05, 4.69) is 0 Å². The molecule has 1 heterocycles. The van der Waals surface area contributed by atoms with Gasteiger partial charge in [-0.1, -0.05) is 26.0 Å². The van der Waals surface area contributed by atoms with Gasteiger partial charge >= 0.3 is 0 Å². The van der Waals surface area contributed by atoms with Gasteiger partial charge in [-0.15, -0.1) is 0 Å². The zero-order chi connectivity index (χ0) is 28.8. The number of hydrogen-bond acceptors (Lipinski definition) is 7. The zero-order valence-electron chi connectivity index (χ0n) is 23.5. The summed E-state index contributed by atoms with van der Waals surface area (Å²) in [4.78, 5) is 28.2. The maximum Gasteiger partial charge on any atom is 0.295 e. The number of benzene rings is 3. The first-order chi connectivity index (χ1) is 19.3. The van der Waals surface area contributed by atoms with E-state index in [0.29, 0.717) is 35.0 Å². The highest BCUT2D eigenvalue weighted by Crippen LogP contribution is 2.40. The number of carbonyl (C=O) groups is 2. The fourth-order valence-electron chi connectivity index (χ4n) is 4.77. The Bertz CT molecular complexity index is 1380. The first-order valence-electron chi connectivity index (χ1n) is 13.2. The van der Waals surface area contributed by atoms with Crippen molar-refractivity contribution in [1.82, 2.24) is 4.90 Å². The Hall–Kier alpha value is -4.46. The molecule has 4 rings (SSSR count). The van der Waals surface area contributed by atoms with Crippen LogP contribution in [0, 0.1) is 0 Å². The van der Waals surface area contributed by atoms with Crippen LogP contribution >= 0.6 is 0 Å². The molecule has 210 valence electrons. The number of aliphatic hydroxyl groups is 1. The van der Waals surface area contributed by atoms with Gasteiger partial charge in [-0.2, -0.15) is 0 Å². The molecule has 1 unspecified atom stereocenters. The maximum atomic E-state index is 13.4. The van der Waals surface area contributed by atoms with Crippen LogP contribution in [-0.2, 0) is 9.59 Å². The minimum absolute atomic E-state index is 0.0264. The van der Waals surface area contributed by atoms with Crippen LogP contribution in [0.1, 0.15) is 49.4 Å². The van der Waals surface area contributed by atoms with Crippen LogP contribution in [0.25, 0.3) is 5.76 Å². The number of methoxy groups -OCH3 is 2. The van der Waals surface area contributed by atoms with Crippen LogP contribution in [0.2, 0.25) is 0 Å². The van der Waals surface area contributed by atoms with Crippen LogP contribution in [0.15, 0.2) is 72.3 Å². The molecule has 0 aliphatic carbocycles. The van der Waals surface area contributed by atoms with Gasteiger partial charge < -0.3 is 29.0 Å². The Balaban J connectivity index is 1.72. The Kier molecular flexibility index (Phi) is 8.99. The van der Waals surface area contributed by atoms with Crippen molar-refractivity contribution in [3.8, 4) is 23.0 Å². The third kappa shape index (κ3) is 5.91. The van der Waals surface area contributed by atoms with Crippen LogP contribution < -0.4 is 18.9 Å². The molecular weight excluding hydrogens is 510 g/mol. The lowest BCUT2D eigenvalue weighted by atomic mass is 9.93. The summed E-state index contributed by atoms with van der Waals surface area (Å²) < 4.78 is 22.1. The average Bonchev–Trinajstić information content (AvgIpc) is 3.22. The van der Waals surface area contributed by atoms with E-state index in [-0.39, 0.29) is 30.4 Å². The lowest BCUT2D eigenvalue weighted by Gasteiger charge is -2.25. The molecule has 3 aromatic carbocycles. The van der Waals surface area contributed by atoms with Gasteiger partial charge in [0, 0.05) is 5.56 Å². The summed E-state index contributed by atoms with van der Waals surface area (Å²) in [5, 5.41) is 11.5. The summed E-state index contributed by atoms with van der Waals surface area (Å²) in [6, 6.07) is 18.7. The summed E-state index contributed by atoms with van der Waals surface area (Å²) >= 11 is 0. The highest BCUT2D eigenvalue weighted by atomic mass is 16.5. The van der Waals surface area contributed by atoms with Gasteiger partial charge in [-0.25, -0.2) is 0 Å². The van der Waals surface area contributed by atoms with E-state index in [1.807, 2.05) is 26.8 Å². The number of ether oxygens (including phenoxy) is 4. The maximum absolute atomic E-state index is 13.4. The molecule has 1 amide bonds. The molecule has 8 heteroatoms. The normalized spacial score (nSPS) is 16.4. The largest absolute Gasteiger partial charge is 0.507 e. The number of aliphatic hydroxyl groups excluding tert-OH is 1. The Morgan fingerprint density at radius 2 is 1.48 bits per heavy atom. The van der Waals surface area contributed by atoms with E-state index in [1.54, 1.807) is 74.9 Å². The van der Waals surface area contributed by atoms with Gasteiger partial charge in [0.15, 0.2) is 0 Å². The predicted octanol–water partition coefficient (Wildman–Crippen LogP) is 5.73. The molecule has 0 bridgehead atoms. The summed E-state index contributed by atoms with van der Waals surface area (Å²) in [5.74, 6) is 1.10. The molecule has 1 aliphatic rings. The molecule has 1 atom stereocenters. The fourth-order valence-corrected chi connectivity index (χ4v) is 4.77. The quantitative estimate of drug-likeness (QED) is 0.187. The molecule has 0 spiro atoms.